The molecule has 2 heterocycles. The summed E-state index contributed by atoms with van der Waals surface area (Å²) in [6.45, 7) is 7.04. The molecule has 0 amide bonds. The highest BCUT2D eigenvalue weighted by molar-refractivity contribution is 9.10. The zero-order valence-corrected chi connectivity index (χ0v) is 14.0. The Bertz CT molecular complexity index is 464. The average Bonchev–Trinajstić information content (AvgIpc) is 2.74. The fourth-order valence-electron chi connectivity index (χ4n) is 2.85. The molecule has 112 valence electrons. The lowest BCUT2D eigenvalue weighted by molar-refractivity contribution is -0.118. The van der Waals surface area contributed by atoms with Gasteiger partial charge in [0.05, 0.1) is 15.9 Å². The lowest BCUT2D eigenvalue weighted by Crippen LogP contribution is -2.30. The molecule has 0 bridgehead atoms. The first kappa shape index (κ1) is 15.7. The third-order valence-electron chi connectivity index (χ3n) is 4.05. The molecule has 1 fully saturated rings. The highest BCUT2D eigenvalue weighted by Gasteiger charge is 2.18. The first-order chi connectivity index (χ1) is 9.61. The predicted octanol–water partition coefficient (Wildman–Crippen LogP) is 2.87. The van der Waals surface area contributed by atoms with E-state index in [0.29, 0.717) is 24.5 Å². The SMILES string of the molecule is CCn1nc(C)c(Br)c1CC(=O)CCC1CCCNC1. The van der Waals surface area contributed by atoms with Crippen LogP contribution < -0.4 is 5.32 Å². The Balaban J connectivity index is 1.87. The molecular formula is C15H24BrN3O. The molecule has 1 aromatic heterocycles. The van der Waals surface area contributed by atoms with Crippen LogP contribution in [-0.2, 0) is 17.8 Å². The maximum atomic E-state index is 12.2. The zero-order chi connectivity index (χ0) is 14.5. The van der Waals surface area contributed by atoms with Gasteiger partial charge in [-0.05, 0) is 68.0 Å². The van der Waals surface area contributed by atoms with Crippen molar-refractivity contribution < 1.29 is 4.79 Å². The monoisotopic (exact) mass is 341 g/mol. The summed E-state index contributed by atoms with van der Waals surface area (Å²) in [5.41, 5.74) is 1.99. The van der Waals surface area contributed by atoms with Gasteiger partial charge in [-0.3, -0.25) is 9.48 Å². The number of carbonyl (C=O) groups is 1. The molecule has 0 aromatic carbocycles. The minimum Gasteiger partial charge on any atom is -0.316 e. The fourth-order valence-corrected chi connectivity index (χ4v) is 3.27. The third-order valence-corrected chi connectivity index (χ3v) is 5.08. The van der Waals surface area contributed by atoms with Crippen molar-refractivity contribution in [3.8, 4) is 0 Å². The smallest absolute Gasteiger partial charge is 0.138 e. The Hall–Kier alpha value is -0.680. The van der Waals surface area contributed by atoms with Gasteiger partial charge in [0, 0.05) is 19.4 Å². The molecule has 0 saturated carbocycles. The van der Waals surface area contributed by atoms with Crippen molar-refractivity contribution in [1.29, 1.82) is 0 Å². The molecule has 1 saturated heterocycles. The highest BCUT2D eigenvalue weighted by Crippen LogP contribution is 2.23. The number of aryl methyl sites for hydroxylation is 2. The van der Waals surface area contributed by atoms with E-state index in [-0.39, 0.29) is 0 Å². The van der Waals surface area contributed by atoms with Crippen molar-refractivity contribution in [2.24, 2.45) is 5.92 Å². The van der Waals surface area contributed by atoms with Crippen molar-refractivity contribution in [2.45, 2.75) is 52.5 Å². The van der Waals surface area contributed by atoms with Crippen LogP contribution in [0.5, 0.6) is 0 Å². The Morgan fingerprint density at radius 2 is 2.35 bits per heavy atom. The quantitative estimate of drug-likeness (QED) is 0.865. The Morgan fingerprint density at radius 1 is 1.55 bits per heavy atom. The molecule has 0 aliphatic carbocycles. The summed E-state index contributed by atoms with van der Waals surface area (Å²) in [6.07, 6.45) is 4.70. The number of aromatic nitrogens is 2. The fraction of sp³-hybridized carbons (Fsp3) is 0.733. The number of nitrogens with zero attached hydrogens (tertiary/aromatic N) is 2. The predicted molar refractivity (Wildman–Crippen MR) is 83.9 cm³/mol. The second kappa shape index (κ2) is 7.36. The molecule has 1 aliphatic heterocycles. The van der Waals surface area contributed by atoms with Crippen LogP contribution in [0.1, 0.15) is 44.0 Å². The molecule has 0 radical (unpaired) electrons. The molecule has 1 aromatic rings. The van der Waals surface area contributed by atoms with E-state index in [1.807, 2.05) is 11.6 Å². The minimum atomic E-state index is 0.325. The van der Waals surface area contributed by atoms with Crippen LogP contribution in [-0.4, -0.2) is 28.7 Å². The molecule has 1 aliphatic rings. The second-order valence-corrected chi connectivity index (χ2v) is 6.42. The van der Waals surface area contributed by atoms with E-state index < -0.39 is 0 Å². The van der Waals surface area contributed by atoms with Gasteiger partial charge in [-0.2, -0.15) is 5.10 Å². The molecular weight excluding hydrogens is 318 g/mol. The van der Waals surface area contributed by atoms with E-state index in [9.17, 15) is 4.79 Å². The van der Waals surface area contributed by atoms with Gasteiger partial charge in [-0.1, -0.05) is 0 Å². The van der Waals surface area contributed by atoms with Crippen molar-refractivity contribution in [2.75, 3.05) is 13.1 Å². The van der Waals surface area contributed by atoms with Crippen LogP contribution in [0.15, 0.2) is 4.47 Å². The Morgan fingerprint density at radius 3 is 3.00 bits per heavy atom. The number of Topliss-reactive ketones (excluding diaryl/α,β-unsaturated/α-hetero) is 1. The van der Waals surface area contributed by atoms with Crippen LogP contribution in [0.25, 0.3) is 0 Å². The summed E-state index contributed by atoms with van der Waals surface area (Å²) < 4.78 is 2.92. The summed E-state index contributed by atoms with van der Waals surface area (Å²) >= 11 is 3.55. The molecule has 4 nitrogen and oxygen atoms in total. The topological polar surface area (TPSA) is 46.9 Å². The Kier molecular flexibility index (Phi) is 5.78. The normalized spacial score (nSPS) is 19.2. The second-order valence-electron chi connectivity index (χ2n) is 5.63. The molecule has 1 unspecified atom stereocenters. The molecule has 1 atom stereocenters. The minimum absolute atomic E-state index is 0.325. The van der Waals surface area contributed by atoms with Gasteiger partial charge < -0.3 is 5.32 Å². The van der Waals surface area contributed by atoms with Crippen molar-refractivity contribution in [3.63, 3.8) is 0 Å². The van der Waals surface area contributed by atoms with Crippen LogP contribution in [0, 0.1) is 12.8 Å². The maximum absolute atomic E-state index is 12.2. The molecule has 1 N–H and O–H groups in total. The van der Waals surface area contributed by atoms with Gasteiger partial charge in [0.2, 0.25) is 0 Å². The lowest BCUT2D eigenvalue weighted by Gasteiger charge is -2.22. The molecule has 2 rings (SSSR count). The summed E-state index contributed by atoms with van der Waals surface area (Å²) in [6, 6.07) is 0. The first-order valence-corrected chi connectivity index (χ1v) is 8.35. The number of carbonyl (C=O) groups excluding carboxylic acids is 1. The number of rotatable bonds is 6. The standard InChI is InChI=1S/C15H24BrN3O/c1-3-19-14(15(16)11(2)18-19)9-13(20)7-6-12-5-4-8-17-10-12/h12,17H,3-10H2,1-2H3. The third kappa shape index (κ3) is 3.92. The number of halogens is 1. The van der Waals surface area contributed by atoms with Crippen LogP contribution in [0.4, 0.5) is 0 Å². The van der Waals surface area contributed by atoms with Gasteiger partial charge in [-0.25, -0.2) is 0 Å². The van der Waals surface area contributed by atoms with Crippen molar-refractivity contribution in [1.82, 2.24) is 15.1 Å². The summed E-state index contributed by atoms with van der Waals surface area (Å²) in [5, 5.41) is 7.85. The number of hydrogen-bond acceptors (Lipinski definition) is 3. The van der Waals surface area contributed by atoms with Gasteiger partial charge in [0.15, 0.2) is 0 Å². The van der Waals surface area contributed by atoms with Crippen molar-refractivity contribution in [3.05, 3.63) is 15.9 Å². The number of piperidine rings is 1. The molecule has 0 spiro atoms. The van der Waals surface area contributed by atoms with Crippen LogP contribution in [0.2, 0.25) is 0 Å². The average molecular weight is 342 g/mol. The number of nitrogens with one attached hydrogen (secondary N) is 1. The van der Waals surface area contributed by atoms with Gasteiger partial charge in [0.25, 0.3) is 0 Å². The largest absolute Gasteiger partial charge is 0.316 e. The summed E-state index contributed by atoms with van der Waals surface area (Å²) in [5.74, 6) is 1.000. The van der Waals surface area contributed by atoms with Gasteiger partial charge in [0.1, 0.15) is 5.78 Å². The van der Waals surface area contributed by atoms with Crippen molar-refractivity contribution >= 4 is 21.7 Å². The lowest BCUT2D eigenvalue weighted by atomic mass is 9.93. The van der Waals surface area contributed by atoms with E-state index in [4.69, 9.17) is 0 Å². The van der Waals surface area contributed by atoms with E-state index in [1.54, 1.807) is 0 Å². The zero-order valence-electron chi connectivity index (χ0n) is 12.4. The van der Waals surface area contributed by atoms with E-state index >= 15 is 0 Å². The van der Waals surface area contributed by atoms with E-state index in [0.717, 1.165) is 41.9 Å². The highest BCUT2D eigenvalue weighted by atomic mass is 79.9. The van der Waals surface area contributed by atoms with Crippen LogP contribution >= 0.6 is 15.9 Å². The van der Waals surface area contributed by atoms with Gasteiger partial charge >= 0.3 is 0 Å². The summed E-state index contributed by atoms with van der Waals surface area (Å²) in [7, 11) is 0. The summed E-state index contributed by atoms with van der Waals surface area (Å²) in [4.78, 5) is 12.2. The first-order valence-electron chi connectivity index (χ1n) is 7.56. The Labute approximate surface area is 129 Å². The van der Waals surface area contributed by atoms with E-state index in [2.05, 4.69) is 33.3 Å². The van der Waals surface area contributed by atoms with Gasteiger partial charge in [-0.15, -0.1) is 0 Å². The maximum Gasteiger partial charge on any atom is 0.138 e. The molecule has 5 heteroatoms. The number of hydrogen-bond donors (Lipinski definition) is 1. The van der Waals surface area contributed by atoms with Crippen LogP contribution in [0.3, 0.4) is 0 Å². The molecule has 20 heavy (non-hydrogen) atoms. The number of ketones is 1. The van der Waals surface area contributed by atoms with E-state index in [1.165, 1.54) is 12.8 Å².